The van der Waals surface area contributed by atoms with E-state index in [-0.39, 0.29) is 28.8 Å². The number of fused-ring (bicyclic) bond motifs is 2. The van der Waals surface area contributed by atoms with E-state index >= 15 is 0 Å². The summed E-state index contributed by atoms with van der Waals surface area (Å²) in [6, 6.07) is 0. The largest absolute Gasteiger partial charge is 0.299 e. The van der Waals surface area contributed by atoms with Crippen LogP contribution in [0.1, 0.15) is 53.4 Å². The van der Waals surface area contributed by atoms with Crippen molar-refractivity contribution in [1.82, 2.24) is 4.72 Å². The van der Waals surface area contributed by atoms with Crippen LogP contribution in [0.25, 0.3) is 0 Å². The topological polar surface area (TPSA) is 80.3 Å². The van der Waals surface area contributed by atoms with Gasteiger partial charge in [-0.15, -0.1) is 0 Å². The molecule has 0 spiro atoms. The van der Waals surface area contributed by atoms with Crippen LogP contribution in [0.15, 0.2) is 0 Å². The first-order valence-corrected chi connectivity index (χ1v) is 9.28. The molecule has 1 N–H and O–H groups in total. The number of sulfonamides is 1. The van der Waals surface area contributed by atoms with Gasteiger partial charge in [0.05, 0.1) is 11.2 Å². The van der Waals surface area contributed by atoms with Crippen molar-refractivity contribution in [3.8, 4) is 0 Å². The molecule has 0 heterocycles. The molecule has 0 aromatic rings. The molecule has 2 bridgehead atoms. The lowest BCUT2D eigenvalue weighted by Crippen LogP contribution is -2.47. The van der Waals surface area contributed by atoms with Crippen LogP contribution in [-0.2, 0) is 19.6 Å². The zero-order chi connectivity index (χ0) is 16.1. The fourth-order valence-corrected chi connectivity index (χ4v) is 5.81. The molecule has 3 atom stereocenters. The first-order valence-electron chi connectivity index (χ1n) is 7.63. The van der Waals surface area contributed by atoms with Crippen LogP contribution >= 0.6 is 0 Å². The molecule has 0 aliphatic heterocycles. The maximum atomic E-state index is 12.3. The monoisotopic (exact) mass is 315 g/mol. The maximum absolute atomic E-state index is 12.3. The summed E-state index contributed by atoms with van der Waals surface area (Å²) in [7, 11) is -3.79. The SMILES string of the molecule is CCC(C)C(=O)NS(=O)(=O)CC12CCC(CC1=O)C2(C)C. The Morgan fingerprint density at radius 1 is 1.43 bits per heavy atom. The molecular formula is C15H25NO4S. The summed E-state index contributed by atoms with van der Waals surface area (Å²) >= 11 is 0. The lowest BCUT2D eigenvalue weighted by atomic mass is 9.70. The highest BCUT2D eigenvalue weighted by atomic mass is 32.2. The number of carbonyl (C=O) groups excluding carboxylic acids is 2. The van der Waals surface area contributed by atoms with E-state index in [1.165, 1.54) is 0 Å². The van der Waals surface area contributed by atoms with E-state index in [1.54, 1.807) is 6.92 Å². The summed E-state index contributed by atoms with van der Waals surface area (Å²) in [6.07, 6.45) is 2.57. The third-order valence-electron chi connectivity index (χ3n) is 5.89. The maximum Gasteiger partial charge on any atom is 0.236 e. The highest BCUT2D eigenvalue weighted by Crippen LogP contribution is 2.64. The minimum Gasteiger partial charge on any atom is -0.299 e. The molecule has 21 heavy (non-hydrogen) atoms. The van der Waals surface area contributed by atoms with Gasteiger partial charge in [-0.05, 0) is 30.6 Å². The van der Waals surface area contributed by atoms with Gasteiger partial charge >= 0.3 is 0 Å². The van der Waals surface area contributed by atoms with Gasteiger partial charge in [-0.1, -0.05) is 27.7 Å². The van der Waals surface area contributed by atoms with E-state index in [9.17, 15) is 18.0 Å². The highest BCUT2D eigenvalue weighted by Gasteiger charge is 2.65. The lowest BCUT2D eigenvalue weighted by molar-refractivity contribution is -0.128. The zero-order valence-electron chi connectivity index (χ0n) is 13.2. The second-order valence-electron chi connectivity index (χ2n) is 7.20. The van der Waals surface area contributed by atoms with Crippen LogP contribution in [0.4, 0.5) is 0 Å². The van der Waals surface area contributed by atoms with E-state index in [4.69, 9.17) is 0 Å². The summed E-state index contributed by atoms with van der Waals surface area (Å²) in [6.45, 7) is 7.50. The van der Waals surface area contributed by atoms with E-state index in [0.29, 0.717) is 19.3 Å². The van der Waals surface area contributed by atoms with Crippen molar-refractivity contribution >= 4 is 21.7 Å². The molecule has 0 saturated heterocycles. The third kappa shape index (κ3) is 2.51. The molecule has 0 radical (unpaired) electrons. The van der Waals surface area contributed by atoms with Gasteiger partial charge in [0, 0.05) is 12.3 Å². The lowest BCUT2D eigenvalue weighted by Gasteiger charge is -2.36. The molecule has 1 amide bonds. The average Bonchev–Trinajstić information content (AvgIpc) is 2.70. The molecule has 5 nitrogen and oxygen atoms in total. The van der Waals surface area contributed by atoms with E-state index in [2.05, 4.69) is 4.72 Å². The second kappa shape index (κ2) is 5.07. The molecule has 2 saturated carbocycles. The number of ketones is 1. The zero-order valence-corrected chi connectivity index (χ0v) is 14.0. The molecule has 2 fully saturated rings. The van der Waals surface area contributed by atoms with Gasteiger partial charge in [0.25, 0.3) is 0 Å². The number of hydrogen-bond acceptors (Lipinski definition) is 4. The standard InChI is InChI=1S/C15H25NO4S/c1-5-10(2)13(18)16-21(19,20)9-15-7-6-11(8-12(15)17)14(15,3)4/h10-11H,5-9H2,1-4H3,(H,16,18). The van der Waals surface area contributed by atoms with Crippen molar-refractivity contribution < 1.29 is 18.0 Å². The van der Waals surface area contributed by atoms with Gasteiger partial charge in [0.1, 0.15) is 5.78 Å². The van der Waals surface area contributed by atoms with Crippen LogP contribution in [0.5, 0.6) is 0 Å². The molecule has 0 aromatic carbocycles. The van der Waals surface area contributed by atoms with Crippen LogP contribution in [-0.4, -0.2) is 25.9 Å². The Morgan fingerprint density at radius 2 is 2.05 bits per heavy atom. The first-order chi connectivity index (χ1) is 9.56. The Morgan fingerprint density at radius 3 is 2.48 bits per heavy atom. The number of carbonyl (C=O) groups is 2. The van der Waals surface area contributed by atoms with Gasteiger partial charge in [-0.2, -0.15) is 0 Å². The van der Waals surface area contributed by atoms with Crippen molar-refractivity contribution in [2.24, 2.45) is 22.7 Å². The van der Waals surface area contributed by atoms with Crippen molar-refractivity contribution in [1.29, 1.82) is 0 Å². The summed E-state index contributed by atoms with van der Waals surface area (Å²) in [5, 5.41) is 0. The molecular weight excluding hydrogens is 290 g/mol. The number of amides is 1. The minimum absolute atomic E-state index is 0.0464. The van der Waals surface area contributed by atoms with Crippen molar-refractivity contribution in [3.63, 3.8) is 0 Å². The van der Waals surface area contributed by atoms with E-state index in [1.807, 2.05) is 20.8 Å². The van der Waals surface area contributed by atoms with Gasteiger partial charge in [0.15, 0.2) is 0 Å². The molecule has 0 aromatic heterocycles. The molecule has 3 unspecified atom stereocenters. The normalized spacial score (nSPS) is 32.2. The average molecular weight is 315 g/mol. The van der Waals surface area contributed by atoms with Crippen molar-refractivity contribution in [3.05, 3.63) is 0 Å². The van der Waals surface area contributed by atoms with Crippen molar-refractivity contribution in [2.45, 2.75) is 53.4 Å². The second-order valence-corrected chi connectivity index (χ2v) is 8.92. The first kappa shape index (κ1) is 16.5. The fraction of sp³-hybridized carbons (Fsp3) is 0.867. The Bertz CT molecular complexity index is 566. The number of hydrogen-bond donors (Lipinski definition) is 1. The van der Waals surface area contributed by atoms with Crippen LogP contribution in [0.2, 0.25) is 0 Å². The molecule has 2 aliphatic rings. The summed E-state index contributed by atoms with van der Waals surface area (Å²) in [4.78, 5) is 24.2. The Labute approximate surface area is 126 Å². The number of nitrogens with one attached hydrogen (secondary N) is 1. The van der Waals surface area contributed by atoms with Crippen LogP contribution < -0.4 is 4.72 Å². The molecule has 2 aliphatic carbocycles. The Kier molecular flexibility index (Phi) is 3.98. The quantitative estimate of drug-likeness (QED) is 0.840. The summed E-state index contributed by atoms with van der Waals surface area (Å²) in [5.74, 6) is -0.770. The van der Waals surface area contributed by atoms with Crippen molar-refractivity contribution in [2.75, 3.05) is 5.75 Å². The van der Waals surface area contributed by atoms with Crippen LogP contribution in [0, 0.1) is 22.7 Å². The summed E-state index contributed by atoms with van der Waals surface area (Å²) < 4.78 is 26.8. The number of Topliss-reactive ketones (excluding diaryl/α,β-unsaturated/α-hetero) is 1. The predicted octanol–water partition coefficient (Wildman–Crippen LogP) is 1.87. The van der Waals surface area contributed by atoms with Gasteiger partial charge in [0.2, 0.25) is 15.9 Å². The van der Waals surface area contributed by atoms with Gasteiger partial charge in [-0.25, -0.2) is 8.42 Å². The highest BCUT2D eigenvalue weighted by molar-refractivity contribution is 7.90. The van der Waals surface area contributed by atoms with E-state index in [0.717, 1.165) is 6.42 Å². The fourth-order valence-electron chi connectivity index (χ4n) is 3.91. The van der Waals surface area contributed by atoms with Gasteiger partial charge < -0.3 is 0 Å². The van der Waals surface area contributed by atoms with E-state index < -0.39 is 21.3 Å². The smallest absolute Gasteiger partial charge is 0.236 e. The molecule has 120 valence electrons. The summed E-state index contributed by atoms with van der Waals surface area (Å²) in [5.41, 5.74) is -1.13. The third-order valence-corrected chi connectivity index (χ3v) is 7.28. The Balaban J connectivity index is 2.20. The minimum atomic E-state index is -3.79. The van der Waals surface area contributed by atoms with Gasteiger partial charge in [-0.3, -0.25) is 14.3 Å². The van der Waals surface area contributed by atoms with Crippen LogP contribution in [0.3, 0.4) is 0 Å². The Hall–Kier alpha value is -0.910. The number of rotatable bonds is 5. The molecule has 2 rings (SSSR count). The molecule has 6 heteroatoms. The predicted molar refractivity (Wildman–Crippen MR) is 79.9 cm³/mol.